The van der Waals surface area contributed by atoms with E-state index in [0.717, 1.165) is 14.2 Å². The van der Waals surface area contributed by atoms with E-state index in [0.29, 0.717) is 0 Å². The van der Waals surface area contributed by atoms with Crippen molar-refractivity contribution in [3.8, 4) is 0 Å². The van der Waals surface area contributed by atoms with Crippen LogP contribution in [0.3, 0.4) is 0 Å². The average molecular weight is 391 g/mol. The Morgan fingerprint density at radius 2 is 1.41 bits per heavy atom. The van der Waals surface area contributed by atoms with Gasteiger partial charge in [-0.25, -0.2) is 18.0 Å². The van der Waals surface area contributed by atoms with E-state index in [1.807, 2.05) is 0 Å². The van der Waals surface area contributed by atoms with Crippen molar-refractivity contribution in [2.24, 2.45) is 0 Å². The summed E-state index contributed by atoms with van der Waals surface area (Å²) in [5, 5.41) is 2.37. The Hall–Kier alpha value is -3.20. The van der Waals surface area contributed by atoms with E-state index in [9.17, 15) is 22.8 Å². The molecule has 2 aromatic carbocycles. The average Bonchev–Trinajstić information content (AvgIpc) is 2.66. The number of sulfone groups is 1. The van der Waals surface area contributed by atoms with Gasteiger partial charge in [0.15, 0.2) is 9.84 Å². The molecule has 0 spiro atoms. The summed E-state index contributed by atoms with van der Waals surface area (Å²) < 4.78 is 33.7. The third-order valence-electron chi connectivity index (χ3n) is 3.48. The van der Waals surface area contributed by atoms with Gasteiger partial charge in [0.2, 0.25) is 5.91 Å². The lowest BCUT2D eigenvalue weighted by Crippen LogP contribution is -2.23. The number of amides is 1. The third-order valence-corrected chi connectivity index (χ3v) is 5.12. The van der Waals surface area contributed by atoms with E-state index in [-0.39, 0.29) is 21.7 Å². The number of nitrogens with one attached hydrogen (secondary N) is 1. The van der Waals surface area contributed by atoms with E-state index in [1.54, 1.807) is 18.2 Å². The highest BCUT2D eigenvalue weighted by molar-refractivity contribution is 7.92. The standard InChI is InChI=1S/C18H17NO7S/c1-25-17(21)12-8-13(18(22)26-2)10-14(9-12)19-16(20)11-27(23,24)15-6-4-3-5-7-15/h3-10H,11H2,1-2H3,(H,19,20). The molecule has 0 heterocycles. The second kappa shape index (κ2) is 8.45. The van der Waals surface area contributed by atoms with Gasteiger partial charge in [0.05, 0.1) is 30.2 Å². The van der Waals surface area contributed by atoms with Crippen LogP contribution in [-0.2, 0) is 24.1 Å². The molecule has 0 aliphatic heterocycles. The minimum absolute atomic E-state index is 0.00150. The highest BCUT2D eigenvalue weighted by atomic mass is 32.2. The third kappa shape index (κ3) is 5.14. The number of hydrogen-bond donors (Lipinski definition) is 1. The van der Waals surface area contributed by atoms with Crippen LogP contribution in [-0.4, -0.2) is 46.2 Å². The molecule has 0 saturated heterocycles. The molecule has 2 aromatic rings. The van der Waals surface area contributed by atoms with Crippen LogP contribution in [0.2, 0.25) is 0 Å². The van der Waals surface area contributed by atoms with Crippen molar-refractivity contribution >= 4 is 33.4 Å². The molecular formula is C18H17NO7S. The molecule has 9 heteroatoms. The molecule has 1 amide bonds. The largest absolute Gasteiger partial charge is 0.465 e. The number of carbonyl (C=O) groups excluding carboxylic acids is 3. The summed E-state index contributed by atoms with van der Waals surface area (Å²) >= 11 is 0. The number of esters is 2. The Kier molecular flexibility index (Phi) is 6.30. The zero-order chi connectivity index (χ0) is 20.0. The first kappa shape index (κ1) is 20.1. The Bertz CT molecular complexity index is 934. The number of rotatable bonds is 6. The topological polar surface area (TPSA) is 116 Å². The fraction of sp³-hybridized carbons (Fsp3) is 0.167. The van der Waals surface area contributed by atoms with Crippen LogP contribution in [0.25, 0.3) is 0 Å². The van der Waals surface area contributed by atoms with E-state index in [2.05, 4.69) is 14.8 Å². The smallest absolute Gasteiger partial charge is 0.337 e. The molecule has 2 rings (SSSR count). The van der Waals surface area contributed by atoms with Gasteiger partial charge in [-0.2, -0.15) is 0 Å². The fourth-order valence-corrected chi connectivity index (χ4v) is 3.41. The summed E-state index contributed by atoms with van der Waals surface area (Å²) in [5.41, 5.74) is 0.0646. The monoisotopic (exact) mass is 391 g/mol. The van der Waals surface area contributed by atoms with Crippen molar-refractivity contribution in [1.29, 1.82) is 0 Å². The van der Waals surface area contributed by atoms with E-state index in [1.165, 1.54) is 30.3 Å². The van der Waals surface area contributed by atoms with Crippen molar-refractivity contribution < 1.29 is 32.3 Å². The van der Waals surface area contributed by atoms with E-state index in [4.69, 9.17) is 0 Å². The molecule has 8 nitrogen and oxygen atoms in total. The molecule has 0 aromatic heterocycles. The molecule has 0 radical (unpaired) electrons. The second-order valence-corrected chi connectivity index (χ2v) is 7.39. The maximum atomic E-state index is 12.3. The number of methoxy groups -OCH3 is 2. The molecular weight excluding hydrogens is 374 g/mol. The molecule has 0 aliphatic rings. The first-order valence-electron chi connectivity index (χ1n) is 7.66. The Morgan fingerprint density at radius 3 is 1.89 bits per heavy atom. The predicted octanol–water partition coefficient (Wildman–Crippen LogP) is 1.67. The molecule has 0 unspecified atom stereocenters. The fourth-order valence-electron chi connectivity index (χ4n) is 2.25. The van der Waals surface area contributed by atoms with E-state index >= 15 is 0 Å². The highest BCUT2D eigenvalue weighted by Gasteiger charge is 2.20. The zero-order valence-electron chi connectivity index (χ0n) is 14.6. The lowest BCUT2D eigenvalue weighted by molar-refractivity contribution is -0.113. The molecule has 0 atom stereocenters. The SMILES string of the molecule is COC(=O)c1cc(NC(=O)CS(=O)(=O)c2ccccc2)cc(C(=O)OC)c1. The molecule has 27 heavy (non-hydrogen) atoms. The van der Waals surface area contributed by atoms with Crippen LogP contribution < -0.4 is 5.32 Å². The van der Waals surface area contributed by atoms with Gasteiger partial charge >= 0.3 is 11.9 Å². The van der Waals surface area contributed by atoms with Crippen LogP contribution in [0.5, 0.6) is 0 Å². The molecule has 142 valence electrons. The van der Waals surface area contributed by atoms with Gasteiger partial charge in [-0.1, -0.05) is 18.2 Å². The van der Waals surface area contributed by atoms with Crippen LogP contribution in [0.1, 0.15) is 20.7 Å². The number of carbonyl (C=O) groups is 3. The number of benzene rings is 2. The lowest BCUT2D eigenvalue weighted by atomic mass is 10.1. The zero-order valence-corrected chi connectivity index (χ0v) is 15.4. The van der Waals surface area contributed by atoms with Crippen molar-refractivity contribution in [3.05, 3.63) is 59.7 Å². The predicted molar refractivity (Wildman–Crippen MR) is 96.2 cm³/mol. The summed E-state index contributed by atoms with van der Waals surface area (Å²) in [5.74, 6) is -3.08. The summed E-state index contributed by atoms with van der Waals surface area (Å²) in [6.45, 7) is 0. The minimum atomic E-state index is -3.84. The molecule has 0 fully saturated rings. The van der Waals surface area contributed by atoms with Crippen molar-refractivity contribution in [1.82, 2.24) is 0 Å². The summed E-state index contributed by atoms with van der Waals surface area (Å²) in [7, 11) is -1.51. The van der Waals surface area contributed by atoms with Crippen LogP contribution in [0.15, 0.2) is 53.4 Å². The number of hydrogen-bond acceptors (Lipinski definition) is 7. The Labute approximate surface area is 156 Å². The number of ether oxygens (including phenoxy) is 2. The van der Waals surface area contributed by atoms with Crippen LogP contribution in [0, 0.1) is 0 Å². The maximum Gasteiger partial charge on any atom is 0.337 e. The first-order chi connectivity index (χ1) is 12.8. The van der Waals surface area contributed by atoms with Crippen LogP contribution in [0.4, 0.5) is 5.69 Å². The highest BCUT2D eigenvalue weighted by Crippen LogP contribution is 2.18. The first-order valence-corrected chi connectivity index (χ1v) is 9.31. The van der Waals surface area contributed by atoms with Crippen LogP contribution >= 0.6 is 0 Å². The molecule has 0 aliphatic carbocycles. The van der Waals surface area contributed by atoms with Gasteiger partial charge in [0.25, 0.3) is 0 Å². The summed E-state index contributed by atoms with van der Waals surface area (Å²) in [4.78, 5) is 35.7. The van der Waals surface area contributed by atoms with Gasteiger partial charge in [-0.3, -0.25) is 4.79 Å². The van der Waals surface area contributed by atoms with Crippen molar-refractivity contribution in [3.63, 3.8) is 0 Å². The van der Waals surface area contributed by atoms with Gasteiger partial charge in [-0.15, -0.1) is 0 Å². The molecule has 0 bridgehead atoms. The number of anilines is 1. The second-order valence-electron chi connectivity index (χ2n) is 5.40. The van der Waals surface area contributed by atoms with Gasteiger partial charge in [0.1, 0.15) is 5.75 Å². The Balaban J connectivity index is 2.26. The normalized spacial score (nSPS) is 10.7. The van der Waals surface area contributed by atoms with E-state index < -0.39 is 33.4 Å². The lowest BCUT2D eigenvalue weighted by Gasteiger charge is -2.10. The van der Waals surface area contributed by atoms with Gasteiger partial charge in [0, 0.05) is 5.69 Å². The minimum Gasteiger partial charge on any atom is -0.465 e. The molecule has 0 saturated carbocycles. The van der Waals surface area contributed by atoms with Crippen molar-refractivity contribution in [2.75, 3.05) is 25.3 Å². The quantitative estimate of drug-likeness (QED) is 0.745. The van der Waals surface area contributed by atoms with Gasteiger partial charge < -0.3 is 14.8 Å². The Morgan fingerprint density at radius 1 is 0.889 bits per heavy atom. The summed E-state index contributed by atoms with van der Waals surface area (Å²) in [6.07, 6.45) is 0. The molecule has 1 N–H and O–H groups in total. The summed E-state index contributed by atoms with van der Waals surface area (Å²) in [6, 6.07) is 11.3. The maximum absolute atomic E-state index is 12.3. The van der Waals surface area contributed by atoms with Gasteiger partial charge in [-0.05, 0) is 30.3 Å². The van der Waals surface area contributed by atoms with Crippen molar-refractivity contribution in [2.45, 2.75) is 4.90 Å².